The van der Waals surface area contributed by atoms with Crippen molar-refractivity contribution in [2.75, 3.05) is 5.75 Å². The van der Waals surface area contributed by atoms with Gasteiger partial charge in [0.1, 0.15) is 0 Å². The number of carbonyl (C=O) groups is 1. The summed E-state index contributed by atoms with van der Waals surface area (Å²) >= 11 is 1.79. The van der Waals surface area contributed by atoms with E-state index in [1.807, 2.05) is 0 Å². The molecule has 0 aromatic rings. The highest BCUT2D eigenvalue weighted by Gasteiger charge is 2.10. The van der Waals surface area contributed by atoms with Crippen molar-refractivity contribution in [1.82, 2.24) is 5.32 Å². The van der Waals surface area contributed by atoms with Gasteiger partial charge in [-0.25, -0.2) is 0 Å². The van der Waals surface area contributed by atoms with Crippen LogP contribution in [0.5, 0.6) is 0 Å². The van der Waals surface area contributed by atoms with Gasteiger partial charge in [-0.15, -0.1) is 0 Å². The molecule has 2 nitrogen and oxygen atoms in total. The zero-order chi connectivity index (χ0) is 9.61. The van der Waals surface area contributed by atoms with Gasteiger partial charge in [0.05, 0.1) is 0 Å². The minimum Gasteiger partial charge on any atom is -0.333 e. The average Bonchev–Trinajstić information content (AvgIpc) is 1.84. The zero-order valence-corrected chi connectivity index (χ0v) is 8.83. The molecule has 0 aromatic heterocycles. The van der Waals surface area contributed by atoms with E-state index < -0.39 is 0 Å². The Morgan fingerprint density at radius 1 is 1.58 bits per heavy atom. The number of amides is 1. The first-order chi connectivity index (χ1) is 5.45. The quantitative estimate of drug-likeness (QED) is 0.731. The molecular formula is C9H17NOS. The van der Waals surface area contributed by atoms with E-state index in [9.17, 15) is 4.79 Å². The molecule has 0 spiro atoms. The maximum Gasteiger partial charge on any atom is 0.224 e. The second kappa shape index (κ2) is 5.25. The topological polar surface area (TPSA) is 29.1 Å². The van der Waals surface area contributed by atoms with Crippen LogP contribution in [0.2, 0.25) is 0 Å². The molecule has 0 aromatic carbocycles. The Morgan fingerprint density at radius 3 is 2.58 bits per heavy atom. The van der Waals surface area contributed by atoms with Gasteiger partial charge < -0.3 is 5.32 Å². The van der Waals surface area contributed by atoms with E-state index in [4.69, 9.17) is 0 Å². The maximum atomic E-state index is 10.9. The summed E-state index contributed by atoms with van der Waals surface area (Å²) in [6, 6.07) is 0. The third kappa shape index (κ3) is 7.66. The minimum absolute atomic E-state index is 0.0433. The van der Waals surface area contributed by atoms with Crippen molar-refractivity contribution < 1.29 is 4.79 Å². The van der Waals surface area contributed by atoms with Crippen molar-refractivity contribution in [1.29, 1.82) is 0 Å². The molecule has 0 atom stereocenters. The van der Waals surface area contributed by atoms with Crippen LogP contribution in [-0.4, -0.2) is 16.4 Å². The summed E-state index contributed by atoms with van der Waals surface area (Å²) in [5, 5.41) is 2.54. The Hall–Kier alpha value is -0.440. The molecule has 0 rings (SSSR count). The molecule has 12 heavy (non-hydrogen) atoms. The molecule has 0 aliphatic heterocycles. The maximum absolute atomic E-state index is 10.9. The van der Waals surface area contributed by atoms with E-state index in [1.54, 1.807) is 11.8 Å². The minimum atomic E-state index is 0.0433. The summed E-state index contributed by atoms with van der Waals surface area (Å²) in [4.78, 5) is 10.9. The molecular weight excluding hydrogens is 170 g/mol. The van der Waals surface area contributed by atoms with Crippen LogP contribution in [0, 0.1) is 0 Å². The number of hydrogen-bond donors (Lipinski definition) is 1. The largest absolute Gasteiger partial charge is 0.333 e. The second-order valence-electron chi connectivity index (χ2n) is 3.48. The van der Waals surface area contributed by atoms with E-state index in [0.717, 1.165) is 5.75 Å². The lowest BCUT2D eigenvalue weighted by molar-refractivity contribution is -0.119. The molecule has 0 fully saturated rings. The first-order valence-electron chi connectivity index (χ1n) is 4.00. The molecule has 0 unspecified atom stereocenters. The van der Waals surface area contributed by atoms with Gasteiger partial charge in [0, 0.05) is 16.9 Å². The average molecular weight is 187 g/mol. The van der Waals surface area contributed by atoms with Crippen LogP contribution in [0.25, 0.3) is 0 Å². The number of hydrogen-bond acceptors (Lipinski definition) is 2. The molecule has 0 aliphatic rings. The van der Waals surface area contributed by atoms with Gasteiger partial charge in [-0.3, -0.25) is 4.79 Å². The smallest absolute Gasteiger partial charge is 0.224 e. The lowest BCUT2D eigenvalue weighted by Crippen LogP contribution is -2.18. The summed E-state index contributed by atoms with van der Waals surface area (Å²) in [5.74, 6) is 0.908. The van der Waals surface area contributed by atoms with Crippen molar-refractivity contribution in [3.63, 3.8) is 0 Å². The lowest BCUT2D eigenvalue weighted by atomic mass is 10.3. The fourth-order valence-electron chi connectivity index (χ4n) is 0.636. The van der Waals surface area contributed by atoms with Gasteiger partial charge in [0.25, 0.3) is 0 Å². The molecule has 0 bridgehead atoms. The van der Waals surface area contributed by atoms with E-state index in [2.05, 4.69) is 32.7 Å². The Morgan fingerprint density at radius 2 is 2.17 bits per heavy atom. The van der Waals surface area contributed by atoms with Crippen molar-refractivity contribution in [3.8, 4) is 0 Å². The Bertz CT molecular complexity index is 160. The SMILES string of the molecule is C=CNC(=O)CCSC(C)(C)C. The Labute approximate surface area is 78.8 Å². The van der Waals surface area contributed by atoms with Crippen LogP contribution in [-0.2, 0) is 4.79 Å². The summed E-state index contributed by atoms with van der Waals surface area (Å²) in [6.07, 6.45) is 1.98. The zero-order valence-electron chi connectivity index (χ0n) is 8.02. The predicted octanol–water partition coefficient (Wildman–Crippen LogP) is 2.17. The normalized spacial score (nSPS) is 10.9. The lowest BCUT2D eigenvalue weighted by Gasteiger charge is -2.16. The van der Waals surface area contributed by atoms with Crippen LogP contribution >= 0.6 is 11.8 Å². The van der Waals surface area contributed by atoms with E-state index in [1.165, 1.54) is 6.20 Å². The molecule has 0 saturated carbocycles. The molecule has 0 saturated heterocycles. The highest BCUT2D eigenvalue weighted by Crippen LogP contribution is 2.23. The predicted molar refractivity (Wildman–Crippen MR) is 55.2 cm³/mol. The van der Waals surface area contributed by atoms with Crippen molar-refractivity contribution >= 4 is 17.7 Å². The Balaban J connectivity index is 3.43. The van der Waals surface area contributed by atoms with Gasteiger partial charge in [0.15, 0.2) is 0 Å². The van der Waals surface area contributed by atoms with Crippen LogP contribution in [0.3, 0.4) is 0 Å². The first-order valence-corrected chi connectivity index (χ1v) is 4.98. The first kappa shape index (κ1) is 11.6. The van der Waals surface area contributed by atoms with Crippen LogP contribution in [0.4, 0.5) is 0 Å². The fourth-order valence-corrected chi connectivity index (χ4v) is 1.54. The van der Waals surface area contributed by atoms with Crippen LogP contribution in [0.15, 0.2) is 12.8 Å². The third-order valence-electron chi connectivity index (χ3n) is 1.13. The molecule has 70 valence electrons. The molecule has 0 heterocycles. The number of rotatable bonds is 4. The molecule has 0 aliphatic carbocycles. The van der Waals surface area contributed by atoms with E-state index in [-0.39, 0.29) is 10.7 Å². The summed E-state index contributed by atoms with van der Waals surface area (Å²) < 4.78 is 0.245. The van der Waals surface area contributed by atoms with Crippen molar-refractivity contribution in [3.05, 3.63) is 12.8 Å². The number of carbonyl (C=O) groups excluding carboxylic acids is 1. The number of nitrogens with one attached hydrogen (secondary N) is 1. The highest BCUT2D eigenvalue weighted by atomic mass is 32.2. The second-order valence-corrected chi connectivity index (χ2v) is 5.40. The van der Waals surface area contributed by atoms with Gasteiger partial charge in [-0.1, -0.05) is 27.4 Å². The van der Waals surface area contributed by atoms with Crippen molar-refractivity contribution in [2.24, 2.45) is 0 Å². The monoisotopic (exact) mass is 187 g/mol. The standard InChI is InChI=1S/C9H17NOS/c1-5-10-8(11)6-7-12-9(2,3)4/h5H,1,6-7H2,2-4H3,(H,10,11). The van der Waals surface area contributed by atoms with Gasteiger partial charge in [-0.2, -0.15) is 11.8 Å². The molecule has 1 amide bonds. The third-order valence-corrected chi connectivity index (χ3v) is 2.40. The molecule has 0 radical (unpaired) electrons. The molecule has 1 N–H and O–H groups in total. The summed E-state index contributed by atoms with van der Waals surface area (Å²) in [5.41, 5.74) is 0. The fraction of sp³-hybridized carbons (Fsp3) is 0.667. The van der Waals surface area contributed by atoms with E-state index >= 15 is 0 Å². The van der Waals surface area contributed by atoms with Gasteiger partial charge >= 0.3 is 0 Å². The Kier molecular flexibility index (Phi) is 5.06. The highest BCUT2D eigenvalue weighted by molar-refractivity contribution is 8.00. The molecule has 3 heteroatoms. The van der Waals surface area contributed by atoms with Crippen LogP contribution < -0.4 is 5.32 Å². The number of thioether (sulfide) groups is 1. The van der Waals surface area contributed by atoms with Crippen molar-refractivity contribution in [2.45, 2.75) is 31.9 Å². The van der Waals surface area contributed by atoms with Gasteiger partial charge in [0.2, 0.25) is 5.91 Å². The summed E-state index contributed by atoms with van der Waals surface area (Å²) in [7, 11) is 0. The van der Waals surface area contributed by atoms with Crippen LogP contribution in [0.1, 0.15) is 27.2 Å². The summed E-state index contributed by atoms with van der Waals surface area (Å²) in [6.45, 7) is 9.84. The van der Waals surface area contributed by atoms with Gasteiger partial charge in [-0.05, 0) is 6.20 Å². The van der Waals surface area contributed by atoms with E-state index in [0.29, 0.717) is 6.42 Å².